The van der Waals surface area contributed by atoms with Gasteiger partial charge in [0.2, 0.25) is 10.0 Å². The van der Waals surface area contributed by atoms with Crippen LogP contribution in [0.1, 0.15) is 18.4 Å². The summed E-state index contributed by atoms with van der Waals surface area (Å²) in [4.78, 5) is 2.63. The fourth-order valence-corrected chi connectivity index (χ4v) is 4.31. The third-order valence-electron chi connectivity index (χ3n) is 4.12. The van der Waals surface area contributed by atoms with Crippen LogP contribution in [0, 0.1) is 6.92 Å². The average molecular weight is 295 g/mol. The molecule has 2 N–H and O–H groups in total. The SMILES string of the molecule is Cc1ccc(S(=O)(=O)N2CCN(C3CC3)CC2)c(N)c1. The molecule has 1 aromatic rings. The summed E-state index contributed by atoms with van der Waals surface area (Å²) in [6, 6.07) is 5.83. The summed E-state index contributed by atoms with van der Waals surface area (Å²) in [6.07, 6.45) is 2.52. The van der Waals surface area contributed by atoms with Gasteiger partial charge in [-0.05, 0) is 37.5 Å². The third-order valence-corrected chi connectivity index (χ3v) is 6.09. The van der Waals surface area contributed by atoms with E-state index in [1.165, 1.54) is 12.8 Å². The zero-order chi connectivity index (χ0) is 14.3. The molecule has 0 radical (unpaired) electrons. The van der Waals surface area contributed by atoms with Gasteiger partial charge in [-0.2, -0.15) is 4.31 Å². The fourth-order valence-electron chi connectivity index (χ4n) is 2.79. The maximum absolute atomic E-state index is 12.6. The first-order chi connectivity index (χ1) is 9.48. The highest BCUT2D eigenvalue weighted by molar-refractivity contribution is 7.89. The fraction of sp³-hybridized carbons (Fsp3) is 0.571. The summed E-state index contributed by atoms with van der Waals surface area (Å²) in [5.74, 6) is 0. The van der Waals surface area contributed by atoms with E-state index in [0.717, 1.165) is 18.7 Å². The zero-order valence-corrected chi connectivity index (χ0v) is 12.6. The molecular formula is C14H21N3O2S. The van der Waals surface area contributed by atoms with Crippen LogP contribution >= 0.6 is 0 Å². The quantitative estimate of drug-likeness (QED) is 0.846. The molecule has 1 aliphatic carbocycles. The van der Waals surface area contributed by atoms with E-state index >= 15 is 0 Å². The Morgan fingerprint density at radius 2 is 1.80 bits per heavy atom. The zero-order valence-electron chi connectivity index (χ0n) is 11.7. The number of nitrogens with zero attached hydrogens (tertiary/aromatic N) is 2. The van der Waals surface area contributed by atoms with Crippen molar-refractivity contribution in [2.24, 2.45) is 0 Å². The molecule has 20 heavy (non-hydrogen) atoms. The molecular weight excluding hydrogens is 274 g/mol. The predicted molar refractivity (Wildman–Crippen MR) is 78.9 cm³/mol. The minimum absolute atomic E-state index is 0.239. The lowest BCUT2D eigenvalue weighted by Crippen LogP contribution is -2.49. The minimum Gasteiger partial charge on any atom is -0.398 e. The standard InChI is InChI=1S/C14H21N3O2S/c1-11-2-5-14(13(15)10-11)20(18,19)17-8-6-16(7-9-17)12-3-4-12/h2,5,10,12H,3-4,6-9,15H2,1H3. The number of piperazine rings is 1. The second-order valence-corrected chi connectivity index (χ2v) is 7.62. The van der Waals surface area contributed by atoms with E-state index < -0.39 is 10.0 Å². The highest BCUT2D eigenvalue weighted by atomic mass is 32.2. The second-order valence-electron chi connectivity index (χ2n) is 5.71. The summed E-state index contributed by atoms with van der Waals surface area (Å²) in [7, 11) is -3.46. The van der Waals surface area contributed by atoms with Gasteiger partial charge in [-0.3, -0.25) is 4.90 Å². The molecule has 2 fully saturated rings. The van der Waals surface area contributed by atoms with E-state index in [4.69, 9.17) is 5.73 Å². The Morgan fingerprint density at radius 1 is 1.15 bits per heavy atom. The summed E-state index contributed by atoms with van der Waals surface area (Å²) in [6.45, 7) is 4.69. The highest BCUT2D eigenvalue weighted by Crippen LogP contribution is 2.29. The lowest BCUT2D eigenvalue weighted by Gasteiger charge is -2.34. The van der Waals surface area contributed by atoms with Crippen molar-refractivity contribution < 1.29 is 8.42 Å². The van der Waals surface area contributed by atoms with E-state index in [0.29, 0.717) is 24.8 Å². The van der Waals surface area contributed by atoms with Crippen LogP contribution < -0.4 is 5.73 Å². The van der Waals surface area contributed by atoms with Crippen molar-refractivity contribution in [1.29, 1.82) is 0 Å². The van der Waals surface area contributed by atoms with Crippen LogP contribution in [0.2, 0.25) is 0 Å². The lowest BCUT2D eigenvalue weighted by molar-refractivity contribution is 0.180. The van der Waals surface area contributed by atoms with Crippen molar-refractivity contribution in [3.8, 4) is 0 Å². The molecule has 5 nitrogen and oxygen atoms in total. The van der Waals surface area contributed by atoms with Crippen molar-refractivity contribution in [2.45, 2.75) is 30.7 Å². The Bertz CT molecular complexity index is 603. The van der Waals surface area contributed by atoms with Crippen LogP contribution in [-0.4, -0.2) is 49.8 Å². The van der Waals surface area contributed by atoms with Gasteiger partial charge in [0.1, 0.15) is 4.90 Å². The van der Waals surface area contributed by atoms with Crippen LogP contribution in [0.4, 0.5) is 5.69 Å². The number of anilines is 1. The van der Waals surface area contributed by atoms with Gasteiger partial charge in [0.25, 0.3) is 0 Å². The summed E-state index contributed by atoms with van der Waals surface area (Å²) in [5, 5.41) is 0. The Hall–Kier alpha value is -1.11. The molecule has 0 amide bonds. The first kappa shape index (κ1) is 13.9. The van der Waals surface area contributed by atoms with E-state index in [1.807, 2.05) is 6.92 Å². The molecule has 0 aromatic heterocycles. The first-order valence-electron chi connectivity index (χ1n) is 7.09. The molecule has 0 spiro atoms. The number of rotatable bonds is 3. The number of hydrogen-bond donors (Lipinski definition) is 1. The minimum atomic E-state index is -3.46. The molecule has 3 rings (SSSR count). The van der Waals surface area contributed by atoms with E-state index in [9.17, 15) is 8.42 Å². The van der Waals surface area contributed by atoms with Crippen molar-refractivity contribution >= 4 is 15.7 Å². The number of benzene rings is 1. The molecule has 110 valence electrons. The Balaban J connectivity index is 1.78. The Kier molecular flexibility index (Phi) is 3.48. The van der Waals surface area contributed by atoms with Gasteiger partial charge >= 0.3 is 0 Å². The predicted octanol–water partition coefficient (Wildman–Crippen LogP) is 1.05. The first-order valence-corrected chi connectivity index (χ1v) is 8.53. The largest absolute Gasteiger partial charge is 0.398 e. The lowest BCUT2D eigenvalue weighted by atomic mass is 10.2. The molecule has 6 heteroatoms. The highest BCUT2D eigenvalue weighted by Gasteiger charge is 2.35. The molecule has 0 atom stereocenters. The van der Waals surface area contributed by atoms with Crippen molar-refractivity contribution in [1.82, 2.24) is 9.21 Å². The van der Waals surface area contributed by atoms with E-state index in [2.05, 4.69) is 4.90 Å². The van der Waals surface area contributed by atoms with E-state index in [-0.39, 0.29) is 4.90 Å². The maximum Gasteiger partial charge on any atom is 0.245 e. The van der Waals surface area contributed by atoms with Gasteiger partial charge in [-0.25, -0.2) is 8.42 Å². The number of sulfonamides is 1. The van der Waals surface area contributed by atoms with Crippen molar-refractivity contribution in [3.63, 3.8) is 0 Å². The molecule has 1 aliphatic heterocycles. The van der Waals surface area contributed by atoms with Gasteiger partial charge in [-0.1, -0.05) is 6.07 Å². The summed E-state index contributed by atoms with van der Waals surface area (Å²) < 4.78 is 26.8. The molecule has 0 unspecified atom stereocenters. The molecule has 0 bridgehead atoms. The van der Waals surface area contributed by atoms with Crippen LogP contribution in [-0.2, 0) is 10.0 Å². The Labute approximate surface area is 120 Å². The third kappa shape index (κ3) is 2.55. The van der Waals surface area contributed by atoms with Crippen LogP contribution in [0.5, 0.6) is 0 Å². The van der Waals surface area contributed by atoms with Crippen LogP contribution in [0.25, 0.3) is 0 Å². The molecule has 1 saturated heterocycles. The number of nitrogen functional groups attached to an aromatic ring is 1. The number of aryl methyl sites for hydroxylation is 1. The van der Waals surface area contributed by atoms with Crippen molar-refractivity contribution in [2.75, 3.05) is 31.9 Å². The molecule has 2 aliphatic rings. The Morgan fingerprint density at radius 3 is 2.35 bits per heavy atom. The normalized spacial score (nSPS) is 22.1. The van der Waals surface area contributed by atoms with Gasteiger partial charge in [-0.15, -0.1) is 0 Å². The monoisotopic (exact) mass is 295 g/mol. The average Bonchev–Trinajstić information content (AvgIpc) is 3.22. The molecule has 1 aromatic carbocycles. The van der Waals surface area contributed by atoms with E-state index in [1.54, 1.807) is 22.5 Å². The van der Waals surface area contributed by atoms with Gasteiger partial charge in [0.15, 0.2) is 0 Å². The van der Waals surface area contributed by atoms with Gasteiger partial charge in [0, 0.05) is 32.2 Å². The number of hydrogen-bond acceptors (Lipinski definition) is 4. The van der Waals surface area contributed by atoms with Crippen LogP contribution in [0.3, 0.4) is 0 Å². The summed E-state index contributed by atoms with van der Waals surface area (Å²) >= 11 is 0. The van der Waals surface area contributed by atoms with Gasteiger partial charge in [0.05, 0.1) is 5.69 Å². The second kappa shape index (κ2) is 5.02. The topological polar surface area (TPSA) is 66.6 Å². The molecule has 1 heterocycles. The smallest absolute Gasteiger partial charge is 0.245 e. The van der Waals surface area contributed by atoms with Gasteiger partial charge < -0.3 is 5.73 Å². The number of nitrogens with two attached hydrogens (primary N) is 1. The summed E-state index contributed by atoms with van der Waals surface area (Å²) in [5.41, 5.74) is 7.20. The van der Waals surface area contributed by atoms with Crippen molar-refractivity contribution in [3.05, 3.63) is 23.8 Å². The van der Waals surface area contributed by atoms with Crippen LogP contribution in [0.15, 0.2) is 23.1 Å². The molecule has 1 saturated carbocycles. The maximum atomic E-state index is 12.6.